The average molecular weight is 188 g/mol. The summed E-state index contributed by atoms with van der Waals surface area (Å²) >= 11 is 0. The van der Waals surface area contributed by atoms with Crippen LogP contribution >= 0.6 is 0 Å². The summed E-state index contributed by atoms with van der Waals surface area (Å²) in [6.07, 6.45) is 0.205. The monoisotopic (exact) mass is 188 g/mol. The molecule has 3 atom stereocenters. The number of carbonyl (C=O) groups is 1. The van der Waals surface area contributed by atoms with E-state index in [4.69, 9.17) is 14.6 Å². The van der Waals surface area contributed by atoms with Crippen LogP contribution in [0, 0.1) is 0 Å². The quantitative estimate of drug-likeness (QED) is 0.554. The van der Waals surface area contributed by atoms with Gasteiger partial charge in [-0.15, -0.1) is 0 Å². The second-order valence-electron chi connectivity index (χ2n) is 2.75. The fourth-order valence-corrected chi connectivity index (χ4v) is 1.12. The van der Waals surface area contributed by atoms with Gasteiger partial charge in [-0.25, -0.2) is 0 Å². The SMILES string of the molecule is CC(=O)O[C@@H]1[C@H](O)C=CO[C@@H]1CO. The maximum Gasteiger partial charge on any atom is 0.303 e. The van der Waals surface area contributed by atoms with Gasteiger partial charge in [0.25, 0.3) is 0 Å². The summed E-state index contributed by atoms with van der Waals surface area (Å²) in [7, 11) is 0. The number of esters is 1. The van der Waals surface area contributed by atoms with E-state index < -0.39 is 24.3 Å². The van der Waals surface area contributed by atoms with Crippen LogP contribution in [0.5, 0.6) is 0 Å². The first-order chi connectivity index (χ1) is 6.15. The van der Waals surface area contributed by atoms with Crippen molar-refractivity contribution in [2.45, 2.75) is 25.2 Å². The summed E-state index contributed by atoms with van der Waals surface area (Å²) in [5, 5.41) is 18.2. The Balaban J connectivity index is 2.64. The molecule has 0 saturated carbocycles. The maximum absolute atomic E-state index is 10.6. The molecule has 0 amide bonds. The van der Waals surface area contributed by atoms with E-state index in [1.807, 2.05) is 0 Å². The van der Waals surface area contributed by atoms with Crippen LogP contribution < -0.4 is 0 Å². The summed E-state index contributed by atoms with van der Waals surface area (Å²) in [4.78, 5) is 10.6. The van der Waals surface area contributed by atoms with Gasteiger partial charge in [0.15, 0.2) is 12.2 Å². The van der Waals surface area contributed by atoms with Crippen LogP contribution in [0.25, 0.3) is 0 Å². The van der Waals surface area contributed by atoms with E-state index >= 15 is 0 Å². The largest absolute Gasteiger partial charge is 0.492 e. The maximum atomic E-state index is 10.6. The molecule has 5 nitrogen and oxygen atoms in total. The molecular weight excluding hydrogens is 176 g/mol. The Kier molecular flexibility index (Phi) is 3.27. The third kappa shape index (κ3) is 2.43. The molecule has 0 saturated heterocycles. The summed E-state index contributed by atoms with van der Waals surface area (Å²) in [6, 6.07) is 0. The molecule has 0 fully saturated rings. The Morgan fingerprint density at radius 2 is 2.38 bits per heavy atom. The molecule has 0 aliphatic carbocycles. The minimum Gasteiger partial charge on any atom is -0.492 e. The van der Waals surface area contributed by atoms with E-state index in [9.17, 15) is 9.90 Å². The average Bonchev–Trinajstić information content (AvgIpc) is 2.08. The zero-order valence-corrected chi connectivity index (χ0v) is 7.21. The molecule has 0 aromatic heterocycles. The summed E-state index contributed by atoms with van der Waals surface area (Å²) in [5.41, 5.74) is 0. The highest BCUT2D eigenvalue weighted by molar-refractivity contribution is 5.66. The van der Waals surface area contributed by atoms with Crippen molar-refractivity contribution in [3.05, 3.63) is 12.3 Å². The highest BCUT2D eigenvalue weighted by atomic mass is 16.6. The zero-order valence-electron chi connectivity index (χ0n) is 7.21. The highest BCUT2D eigenvalue weighted by Gasteiger charge is 2.33. The van der Waals surface area contributed by atoms with Crippen LogP contribution in [0.4, 0.5) is 0 Å². The minimum atomic E-state index is -0.921. The lowest BCUT2D eigenvalue weighted by Crippen LogP contribution is -2.45. The molecule has 1 rings (SSSR count). The van der Waals surface area contributed by atoms with E-state index in [1.165, 1.54) is 19.3 Å². The van der Waals surface area contributed by atoms with Crippen LogP contribution in [0.3, 0.4) is 0 Å². The Morgan fingerprint density at radius 1 is 1.69 bits per heavy atom. The normalized spacial score (nSPS) is 32.4. The van der Waals surface area contributed by atoms with Crippen LogP contribution in [-0.2, 0) is 14.3 Å². The van der Waals surface area contributed by atoms with Gasteiger partial charge in [0.05, 0.1) is 12.9 Å². The number of hydrogen-bond acceptors (Lipinski definition) is 5. The fraction of sp³-hybridized carbons (Fsp3) is 0.625. The van der Waals surface area contributed by atoms with E-state index in [1.54, 1.807) is 0 Å². The molecule has 0 spiro atoms. The van der Waals surface area contributed by atoms with Gasteiger partial charge >= 0.3 is 5.97 Å². The summed E-state index contributed by atoms with van der Waals surface area (Å²) in [6.45, 7) is 0.929. The number of aliphatic hydroxyl groups is 2. The Bertz CT molecular complexity index is 213. The van der Waals surface area contributed by atoms with Crippen LogP contribution in [0.1, 0.15) is 6.92 Å². The third-order valence-electron chi connectivity index (χ3n) is 1.71. The fourth-order valence-electron chi connectivity index (χ4n) is 1.12. The molecule has 74 valence electrons. The van der Waals surface area contributed by atoms with Gasteiger partial charge < -0.3 is 19.7 Å². The first kappa shape index (κ1) is 10.0. The van der Waals surface area contributed by atoms with Crippen LogP contribution in [-0.4, -0.2) is 41.1 Å². The Hall–Kier alpha value is -1.07. The molecule has 0 aromatic rings. The van der Waals surface area contributed by atoms with Crippen molar-refractivity contribution in [2.24, 2.45) is 0 Å². The topological polar surface area (TPSA) is 76.0 Å². The molecule has 0 radical (unpaired) electrons. The molecule has 1 heterocycles. The Morgan fingerprint density at radius 3 is 2.92 bits per heavy atom. The Labute approximate surface area is 75.6 Å². The molecular formula is C8H12O5. The van der Waals surface area contributed by atoms with E-state index in [2.05, 4.69) is 0 Å². The van der Waals surface area contributed by atoms with E-state index in [0.29, 0.717) is 0 Å². The number of rotatable bonds is 2. The molecule has 0 bridgehead atoms. The zero-order chi connectivity index (χ0) is 9.84. The van der Waals surface area contributed by atoms with Crippen molar-refractivity contribution in [3.63, 3.8) is 0 Å². The lowest BCUT2D eigenvalue weighted by Gasteiger charge is -2.30. The van der Waals surface area contributed by atoms with Gasteiger partial charge in [-0.05, 0) is 6.08 Å². The summed E-state index contributed by atoms with van der Waals surface area (Å²) < 4.78 is 9.73. The van der Waals surface area contributed by atoms with E-state index in [-0.39, 0.29) is 6.61 Å². The highest BCUT2D eigenvalue weighted by Crippen LogP contribution is 2.15. The van der Waals surface area contributed by atoms with Gasteiger partial charge in [0, 0.05) is 6.92 Å². The van der Waals surface area contributed by atoms with Crippen molar-refractivity contribution < 1.29 is 24.5 Å². The standard InChI is InChI=1S/C8H12O5/c1-5(10)13-8-6(11)2-3-12-7(8)4-9/h2-3,6-9,11H,4H2,1H3/t6-,7-,8-/m1/s1. The van der Waals surface area contributed by atoms with E-state index in [0.717, 1.165) is 0 Å². The third-order valence-corrected chi connectivity index (χ3v) is 1.71. The molecule has 0 aromatic carbocycles. The number of ether oxygens (including phenoxy) is 2. The molecule has 1 aliphatic rings. The van der Waals surface area contributed by atoms with Gasteiger partial charge in [-0.3, -0.25) is 4.79 Å². The predicted molar refractivity (Wildman–Crippen MR) is 42.7 cm³/mol. The first-order valence-corrected chi connectivity index (χ1v) is 3.93. The van der Waals surface area contributed by atoms with Crippen molar-refractivity contribution in [2.75, 3.05) is 6.61 Å². The van der Waals surface area contributed by atoms with Gasteiger partial charge in [-0.1, -0.05) is 0 Å². The predicted octanol–water partition coefficient (Wildman–Crippen LogP) is -0.816. The smallest absolute Gasteiger partial charge is 0.303 e. The van der Waals surface area contributed by atoms with Crippen LogP contribution in [0.2, 0.25) is 0 Å². The molecule has 13 heavy (non-hydrogen) atoms. The van der Waals surface area contributed by atoms with Crippen molar-refractivity contribution in [1.29, 1.82) is 0 Å². The number of aliphatic hydroxyl groups excluding tert-OH is 2. The molecule has 0 unspecified atom stereocenters. The second kappa shape index (κ2) is 4.25. The van der Waals surface area contributed by atoms with Gasteiger partial charge in [-0.2, -0.15) is 0 Å². The minimum absolute atomic E-state index is 0.306. The number of carbonyl (C=O) groups excluding carboxylic acids is 1. The van der Waals surface area contributed by atoms with Gasteiger partial charge in [0.2, 0.25) is 0 Å². The molecule has 1 aliphatic heterocycles. The van der Waals surface area contributed by atoms with Crippen molar-refractivity contribution in [3.8, 4) is 0 Å². The summed E-state index contributed by atoms with van der Waals surface area (Å²) in [5.74, 6) is -0.513. The second-order valence-corrected chi connectivity index (χ2v) is 2.75. The lowest BCUT2D eigenvalue weighted by atomic mass is 10.1. The van der Waals surface area contributed by atoms with Gasteiger partial charge in [0.1, 0.15) is 6.10 Å². The van der Waals surface area contributed by atoms with Crippen LogP contribution in [0.15, 0.2) is 12.3 Å². The number of hydrogen-bond donors (Lipinski definition) is 2. The van der Waals surface area contributed by atoms with Crippen molar-refractivity contribution >= 4 is 5.97 Å². The molecule has 2 N–H and O–H groups in total. The van der Waals surface area contributed by atoms with Crippen molar-refractivity contribution in [1.82, 2.24) is 0 Å². The molecule has 5 heteroatoms. The lowest BCUT2D eigenvalue weighted by molar-refractivity contribution is -0.164. The first-order valence-electron chi connectivity index (χ1n) is 3.93.